The smallest absolute Gasteiger partial charge is 0.169 e. The third-order valence-corrected chi connectivity index (χ3v) is 4.69. The van der Waals surface area contributed by atoms with Crippen molar-refractivity contribution >= 4 is 5.78 Å². The van der Waals surface area contributed by atoms with Gasteiger partial charge in [0.25, 0.3) is 0 Å². The summed E-state index contributed by atoms with van der Waals surface area (Å²) in [5.74, 6) is 1.16. The Labute approximate surface area is 127 Å². The molecule has 1 heterocycles. The third-order valence-electron chi connectivity index (χ3n) is 4.69. The van der Waals surface area contributed by atoms with Crippen LogP contribution in [0.15, 0.2) is 24.3 Å². The number of carbonyl (C=O) groups is 1. The second-order valence-corrected chi connectivity index (χ2v) is 6.45. The minimum atomic E-state index is -0.168. The molecule has 3 rings (SSSR count). The zero-order valence-corrected chi connectivity index (χ0v) is 12.9. The van der Waals surface area contributed by atoms with E-state index < -0.39 is 0 Å². The zero-order valence-electron chi connectivity index (χ0n) is 12.9. The Balaban J connectivity index is 1.81. The lowest BCUT2D eigenvalue weighted by atomic mass is 9.70. The van der Waals surface area contributed by atoms with Crippen molar-refractivity contribution in [3.8, 4) is 5.75 Å². The van der Waals surface area contributed by atoms with Crippen LogP contribution in [0.1, 0.15) is 55.8 Å². The van der Waals surface area contributed by atoms with Gasteiger partial charge >= 0.3 is 0 Å². The molecule has 1 aromatic rings. The van der Waals surface area contributed by atoms with Crippen LogP contribution in [-0.4, -0.2) is 25.0 Å². The summed E-state index contributed by atoms with van der Waals surface area (Å²) in [6, 6.07) is 7.80. The van der Waals surface area contributed by atoms with E-state index in [0.717, 1.165) is 62.9 Å². The fourth-order valence-electron chi connectivity index (χ4n) is 3.37. The molecule has 21 heavy (non-hydrogen) atoms. The van der Waals surface area contributed by atoms with E-state index >= 15 is 0 Å². The average Bonchev–Trinajstić information content (AvgIpc) is 3.32. The summed E-state index contributed by atoms with van der Waals surface area (Å²) >= 11 is 0. The highest BCUT2D eigenvalue weighted by molar-refractivity contribution is 6.01. The summed E-state index contributed by atoms with van der Waals surface area (Å²) in [4.78, 5) is 13.1. The van der Waals surface area contributed by atoms with Gasteiger partial charge in [-0.2, -0.15) is 0 Å². The van der Waals surface area contributed by atoms with Gasteiger partial charge in [-0.25, -0.2) is 0 Å². The Bertz CT molecular complexity index is 496. The molecule has 0 unspecified atom stereocenters. The van der Waals surface area contributed by atoms with E-state index in [4.69, 9.17) is 4.74 Å². The average molecular weight is 287 g/mol. The van der Waals surface area contributed by atoms with Gasteiger partial charge in [-0.15, -0.1) is 0 Å². The molecular formula is C18H25NO2. The molecule has 0 aromatic heterocycles. The number of hydrogen-bond donors (Lipinski definition) is 1. The van der Waals surface area contributed by atoms with Gasteiger partial charge in [0.1, 0.15) is 5.75 Å². The van der Waals surface area contributed by atoms with Gasteiger partial charge in [-0.05, 0) is 57.3 Å². The van der Waals surface area contributed by atoms with Crippen LogP contribution in [0.5, 0.6) is 5.75 Å². The second kappa shape index (κ2) is 6.18. The lowest BCUT2D eigenvalue weighted by molar-refractivity contribution is 0.0704. The summed E-state index contributed by atoms with van der Waals surface area (Å²) in [7, 11) is 0. The molecule has 0 bridgehead atoms. The van der Waals surface area contributed by atoms with Crippen LogP contribution >= 0.6 is 0 Å². The predicted octanol–water partition coefficient (Wildman–Crippen LogP) is 3.58. The molecule has 0 spiro atoms. The number of benzene rings is 1. The van der Waals surface area contributed by atoms with Crippen LogP contribution in [0.4, 0.5) is 0 Å². The van der Waals surface area contributed by atoms with Crippen LogP contribution in [0.2, 0.25) is 0 Å². The van der Waals surface area contributed by atoms with Crippen molar-refractivity contribution in [3.05, 3.63) is 29.8 Å². The summed E-state index contributed by atoms with van der Waals surface area (Å²) in [6.07, 6.45) is 6.61. The fourth-order valence-corrected chi connectivity index (χ4v) is 3.37. The van der Waals surface area contributed by atoms with Gasteiger partial charge in [0.2, 0.25) is 0 Å². The highest BCUT2D eigenvalue weighted by Crippen LogP contribution is 2.38. The Kier molecular flexibility index (Phi) is 4.29. The number of carbonyl (C=O) groups excluding carboxylic acids is 1. The highest BCUT2D eigenvalue weighted by atomic mass is 16.5. The van der Waals surface area contributed by atoms with Crippen molar-refractivity contribution < 1.29 is 9.53 Å². The molecule has 3 nitrogen and oxygen atoms in total. The molecule has 2 fully saturated rings. The molecule has 0 atom stereocenters. The van der Waals surface area contributed by atoms with Gasteiger partial charge < -0.3 is 10.1 Å². The molecule has 1 saturated carbocycles. The Hall–Kier alpha value is -1.35. The van der Waals surface area contributed by atoms with Gasteiger partial charge in [0.05, 0.1) is 6.10 Å². The summed E-state index contributed by atoms with van der Waals surface area (Å²) in [5.41, 5.74) is 0.654. The lowest BCUT2D eigenvalue weighted by Gasteiger charge is -2.36. The standard InChI is InChI=1S/C18H25NO2/c1-2-8-18(9-11-19-12-10-18)17(20)14-4-3-5-16(13-14)21-15-6-7-15/h3-5,13,15,19H,2,6-12H2,1H3. The van der Waals surface area contributed by atoms with Crippen molar-refractivity contribution in [1.82, 2.24) is 5.32 Å². The van der Waals surface area contributed by atoms with Crippen molar-refractivity contribution in [1.29, 1.82) is 0 Å². The van der Waals surface area contributed by atoms with Crippen molar-refractivity contribution in [2.75, 3.05) is 13.1 Å². The highest BCUT2D eigenvalue weighted by Gasteiger charge is 2.39. The number of piperidine rings is 1. The quantitative estimate of drug-likeness (QED) is 0.813. The monoisotopic (exact) mass is 287 g/mol. The van der Waals surface area contributed by atoms with Crippen LogP contribution < -0.4 is 10.1 Å². The first-order valence-electron chi connectivity index (χ1n) is 8.26. The molecule has 3 heteroatoms. The van der Waals surface area contributed by atoms with Gasteiger partial charge in [0.15, 0.2) is 5.78 Å². The van der Waals surface area contributed by atoms with Crippen LogP contribution in [0.25, 0.3) is 0 Å². The van der Waals surface area contributed by atoms with Crippen molar-refractivity contribution in [2.24, 2.45) is 5.41 Å². The normalized spacial score (nSPS) is 21.0. The molecule has 2 aliphatic rings. The molecule has 114 valence electrons. The minimum absolute atomic E-state index is 0.168. The van der Waals surface area contributed by atoms with E-state index in [1.54, 1.807) is 0 Å². The van der Waals surface area contributed by atoms with E-state index in [9.17, 15) is 4.79 Å². The lowest BCUT2D eigenvalue weighted by Crippen LogP contribution is -2.42. The summed E-state index contributed by atoms with van der Waals surface area (Å²) < 4.78 is 5.83. The first-order chi connectivity index (χ1) is 10.2. The Morgan fingerprint density at radius 3 is 2.76 bits per heavy atom. The molecule has 1 aliphatic heterocycles. The van der Waals surface area contributed by atoms with E-state index in [0.29, 0.717) is 11.9 Å². The van der Waals surface area contributed by atoms with Crippen LogP contribution in [-0.2, 0) is 0 Å². The number of nitrogens with one attached hydrogen (secondary N) is 1. The zero-order chi connectivity index (χ0) is 14.7. The fraction of sp³-hybridized carbons (Fsp3) is 0.611. The summed E-state index contributed by atoms with van der Waals surface area (Å²) in [5, 5.41) is 3.37. The Morgan fingerprint density at radius 1 is 1.33 bits per heavy atom. The van der Waals surface area contributed by atoms with Crippen molar-refractivity contribution in [2.45, 2.75) is 51.6 Å². The first-order valence-corrected chi connectivity index (χ1v) is 8.26. The van der Waals surface area contributed by atoms with E-state index in [1.165, 1.54) is 0 Å². The Morgan fingerprint density at radius 2 is 2.10 bits per heavy atom. The third kappa shape index (κ3) is 3.29. The minimum Gasteiger partial charge on any atom is -0.490 e. The number of ether oxygens (including phenoxy) is 1. The molecule has 1 aromatic carbocycles. The van der Waals surface area contributed by atoms with E-state index in [2.05, 4.69) is 12.2 Å². The number of Topliss-reactive ketones (excluding diaryl/α,β-unsaturated/α-hetero) is 1. The van der Waals surface area contributed by atoms with E-state index in [1.807, 2.05) is 24.3 Å². The molecule has 1 N–H and O–H groups in total. The van der Waals surface area contributed by atoms with Gasteiger partial charge in [-0.1, -0.05) is 25.5 Å². The maximum absolute atomic E-state index is 13.1. The first kappa shape index (κ1) is 14.6. The molecule has 0 amide bonds. The number of hydrogen-bond acceptors (Lipinski definition) is 3. The molecule has 0 radical (unpaired) electrons. The maximum atomic E-state index is 13.1. The van der Waals surface area contributed by atoms with Crippen molar-refractivity contribution in [3.63, 3.8) is 0 Å². The summed E-state index contributed by atoms with van der Waals surface area (Å²) in [6.45, 7) is 4.07. The topological polar surface area (TPSA) is 38.3 Å². The van der Waals surface area contributed by atoms with Crippen LogP contribution in [0, 0.1) is 5.41 Å². The number of rotatable bonds is 6. The molecule has 1 aliphatic carbocycles. The van der Waals surface area contributed by atoms with Gasteiger partial charge in [-0.3, -0.25) is 4.79 Å². The van der Waals surface area contributed by atoms with Crippen LogP contribution in [0.3, 0.4) is 0 Å². The largest absolute Gasteiger partial charge is 0.490 e. The SMILES string of the molecule is CCCC1(C(=O)c2cccc(OC3CC3)c2)CCNCC1. The van der Waals surface area contributed by atoms with Gasteiger partial charge in [0, 0.05) is 11.0 Å². The molecular weight excluding hydrogens is 262 g/mol. The second-order valence-electron chi connectivity index (χ2n) is 6.45. The van der Waals surface area contributed by atoms with E-state index in [-0.39, 0.29) is 5.41 Å². The predicted molar refractivity (Wildman–Crippen MR) is 83.9 cm³/mol. The molecule has 1 saturated heterocycles. The number of ketones is 1. The maximum Gasteiger partial charge on any atom is 0.169 e.